The molecule has 0 unspecified atom stereocenters. The van der Waals surface area contributed by atoms with Crippen LogP contribution >= 0.6 is 0 Å². The normalized spacial score (nSPS) is 11.4. The third-order valence-electron chi connectivity index (χ3n) is 3.64. The third-order valence-corrected chi connectivity index (χ3v) is 3.64. The van der Waals surface area contributed by atoms with E-state index < -0.39 is 0 Å². The van der Waals surface area contributed by atoms with Gasteiger partial charge in [0, 0.05) is 25.3 Å². The van der Waals surface area contributed by atoms with Crippen LogP contribution in [0.4, 0.5) is 10.1 Å². The molecule has 1 aromatic carbocycles. The molecule has 0 fully saturated rings. The third kappa shape index (κ3) is 6.94. The molecule has 21 heavy (non-hydrogen) atoms. The number of hydrogen-bond acceptors (Lipinski definition) is 2. The zero-order chi connectivity index (χ0) is 15.8. The van der Waals surface area contributed by atoms with Crippen molar-refractivity contribution in [3.63, 3.8) is 0 Å². The monoisotopic (exact) mass is 294 g/mol. The molecule has 0 aliphatic heterocycles. The Hall–Kier alpha value is -1.09. The first-order valence-electron chi connectivity index (χ1n) is 8.11. The topological polar surface area (TPSA) is 15.3 Å². The summed E-state index contributed by atoms with van der Waals surface area (Å²) in [6.45, 7) is 11.6. The van der Waals surface area contributed by atoms with Crippen LogP contribution in [0.1, 0.15) is 46.1 Å². The van der Waals surface area contributed by atoms with E-state index in [1.165, 1.54) is 0 Å². The average molecular weight is 294 g/mol. The minimum atomic E-state index is -0.142. The summed E-state index contributed by atoms with van der Waals surface area (Å²) in [5.41, 5.74) is 2.02. The lowest BCUT2D eigenvalue weighted by Gasteiger charge is -2.27. The average Bonchev–Trinajstić information content (AvgIpc) is 2.37. The van der Waals surface area contributed by atoms with Crippen molar-refractivity contribution in [3.05, 3.63) is 29.6 Å². The SMILES string of the molecule is CNCc1cc(F)cc(N(CCC(C)C)CCC(C)C)c1. The Morgan fingerprint density at radius 1 is 1.00 bits per heavy atom. The maximum Gasteiger partial charge on any atom is 0.125 e. The summed E-state index contributed by atoms with van der Waals surface area (Å²) in [5, 5.41) is 3.09. The Kier molecular flexibility index (Phi) is 7.73. The zero-order valence-corrected chi connectivity index (χ0v) is 14.2. The molecule has 0 amide bonds. The summed E-state index contributed by atoms with van der Waals surface area (Å²) in [6, 6.07) is 5.39. The number of nitrogens with one attached hydrogen (secondary N) is 1. The molecule has 0 aliphatic carbocycles. The van der Waals surface area contributed by atoms with Crippen molar-refractivity contribution >= 4 is 5.69 Å². The van der Waals surface area contributed by atoms with Gasteiger partial charge in [-0.15, -0.1) is 0 Å². The van der Waals surface area contributed by atoms with E-state index in [9.17, 15) is 4.39 Å². The fourth-order valence-electron chi connectivity index (χ4n) is 2.32. The van der Waals surface area contributed by atoms with E-state index in [-0.39, 0.29) is 5.82 Å². The van der Waals surface area contributed by atoms with Crippen LogP contribution in [-0.2, 0) is 6.54 Å². The van der Waals surface area contributed by atoms with Gasteiger partial charge < -0.3 is 10.2 Å². The molecule has 120 valence electrons. The maximum atomic E-state index is 13.9. The summed E-state index contributed by atoms with van der Waals surface area (Å²) in [4.78, 5) is 2.34. The smallest absolute Gasteiger partial charge is 0.125 e. The first-order valence-corrected chi connectivity index (χ1v) is 8.11. The molecule has 0 bridgehead atoms. The van der Waals surface area contributed by atoms with Crippen LogP contribution in [0.2, 0.25) is 0 Å². The molecule has 3 heteroatoms. The Bertz CT molecular complexity index is 404. The number of hydrogen-bond donors (Lipinski definition) is 1. The van der Waals surface area contributed by atoms with Crippen molar-refractivity contribution in [2.45, 2.75) is 47.1 Å². The number of benzene rings is 1. The lowest BCUT2D eigenvalue weighted by Crippen LogP contribution is -2.27. The molecule has 2 nitrogen and oxygen atoms in total. The van der Waals surface area contributed by atoms with E-state index >= 15 is 0 Å². The molecule has 1 N–H and O–H groups in total. The second-order valence-corrected chi connectivity index (χ2v) is 6.70. The van der Waals surface area contributed by atoms with Crippen LogP contribution in [0.3, 0.4) is 0 Å². The van der Waals surface area contributed by atoms with Crippen LogP contribution in [0.25, 0.3) is 0 Å². The fourth-order valence-corrected chi connectivity index (χ4v) is 2.32. The lowest BCUT2D eigenvalue weighted by atomic mass is 10.1. The first kappa shape index (κ1) is 18.0. The molecule has 0 heterocycles. The Balaban J connectivity index is 2.88. The predicted octanol–water partition coefficient (Wildman–Crippen LogP) is 4.44. The van der Waals surface area contributed by atoms with Crippen molar-refractivity contribution < 1.29 is 4.39 Å². The maximum absolute atomic E-state index is 13.9. The van der Waals surface area contributed by atoms with E-state index in [1.54, 1.807) is 12.1 Å². The summed E-state index contributed by atoms with van der Waals surface area (Å²) in [5.74, 6) is 1.19. The van der Waals surface area contributed by atoms with Crippen molar-refractivity contribution in [1.82, 2.24) is 5.32 Å². The van der Waals surface area contributed by atoms with Gasteiger partial charge in [-0.05, 0) is 55.5 Å². The van der Waals surface area contributed by atoms with Gasteiger partial charge in [0.1, 0.15) is 5.82 Å². The number of halogens is 1. The summed E-state index contributed by atoms with van der Waals surface area (Å²) >= 11 is 0. The first-order chi connectivity index (χ1) is 9.92. The van der Waals surface area contributed by atoms with E-state index in [4.69, 9.17) is 0 Å². The van der Waals surface area contributed by atoms with Crippen LogP contribution in [0.15, 0.2) is 18.2 Å². The summed E-state index contributed by atoms with van der Waals surface area (Å²) < 4.78 is 13.9. The highest BCUT2D eigenvalue weighted by molar-refractivity contribution is 5.49. The van der Waals surface area contributed by atoms with Gasteiger partial charge in [-0.2, -0.15) is 0 Å². The van der Waals surface area contributed by atoms with Crippen LogP contribution in [0, 0.1) is 17.7 Å². The van der Waals surface area contributed by atoms with E-state index in [0.29, 0.717) is 18.4 Å². The van der Waals surface area contributed by atoms with Gasteiger partial charge in [0.05, 0.1) is 0 Å². The molecule has 1 aromatic rings. The van der Waals surface area contributed by atoms with Crippen LogP contribution < -0.4 is 10.2 Å². The number of rotatable bonds is 9. The molecule has 0 aliphatic rings. The largest absolute Gasteiger partial charge is 0.371 e. The Morgan fingerprint density at radius 2 is 1.57 bits per heavy atom. The van der Waals surface area contributed by atoms with Gasteiger partial charge in [0.2, 0.25) is 0 Å². The van der Waals surface area contributed by atoms with Gasteiger partial charge >= 0.3 is 0 Å². The van der Waals surface area contributed by atoms with Crippen molar-refractivity contribution in [1.29, 1.82) is 0 Å². The molecule has 0 spiro atoms. The number of nitrogens with zero attached hydrogens (tertiary/aromatic N) is 1. The minimum absolute atomic E-state index is 0.142. The van der Waals surface area contributed by atoms with E-state index in [2.05, 4.69) is 44.0 Å². The van der Waals surface area contributed by atoms with Gasteiger partial charge in [-0.1, -0.05) is 27.7 Å². The highest BCUT2D eigenvalue weighted by Gasteiger charge is 2.11. The lowest BCUT2D eigenvalue weighted by molar-refractivity contribution is 0.534. The standard InChI is InChI=1S/C18H31FN2/c1-14(2)6-8-21(9-7-15(3)4)18-11-16(13-20-5)10-17(19)12-18/h10-12,14-15,20H,6-9,13H2,1-5H3. The number of anilines is 1. The van der Waals surface area contributed by atoms with Gasteiger partial charge in [-0.25, -0.2) is 4.39 Å². The zero-order valence-electron chi connectivity index (χ0n) is 14.2. The van der Waals surface area contributed by atoms with E-state index in [0.717, 1.165) is 37.2 Å². The summed E-state index contributed by atoms with van der Waals surface area (Å²) in [6.07, 6.45) is 2.27. The Labute approximate surface area is 129 Å². The highest BCUT2D eigenvalue weighted by Crippen LogP contribution is 2.21. The molecule has 0 saturated carbocycles. The second-order valence-electron chi connectivity index (χ2n) is 6.70. The molecule has 1 rings (SSSR count). The van der Waals surface area contributed by atoms with Gasteiger partial charge in [-0.3, -0.25) is 0 Å². The van der Waals surface area contributed by atoms with Gasteiger partial charge in [0.15, 0.2) is 0 Å². The quantitative estimate of drug-likeness (QED) is 0.724. The molecular formula is C18H31FN2. The van der Waals surface area contributed by atoms with Crippen LogP contribution in [0.5, 0.6) is 0 Å². The van der Waals surface area contributed by atoms with Crippen molar-refractivity contribution in [2.24, 2.45) is 11.8 Å². The highest BCUT2D eigenvalue weighted by atomic mass is 19.1. The molecule has 0 atom stereocenters. The van der Waals surface area contributed by atoms with Crippen molar-refractivity contribution in [2.75, 3.05) is 25.0 Å². The molecule has 0 radical (unpaired) electrons. The second kappa shape index (κ2) is 9.04. The van der Waals surface area contributed by atoms with Gasteiger partial charge in [0.25, 0.3) is 0 Å². The summed E-state index contributed by atoms with van der Waals surface area (Å²) in [7, 11) is 1.89. The van der Waals surface area contributed by atoms with E-state index in [1.807, 2.05) is 7.05 Å². The minimum Gasteiger partial charge on any atom is -0.371 e. The van der Waals surface area contributed by atoms with Crippen molar-refractivity contribution in [3.8, 4) is 0 Å². The van der Waals surface area contributed by atoms with Crippen LogP contribution in [-0.4, -0.2) is 20.1 Å². The Morgan fingerprint density at radius 3 is 2.05 bits per heavy atom. The molecule has 0 saturated heterocycles. The molecule has 0 aromatic heterocycles. The molecular weight excluding hydrogens is 263 g/mol. The fraction of sp³-hybridized carbons (Fsp3) is 0.667. The predicted molar refractivity (Wildman–Crippen MR) is 90.3 cm³/mol.